The molecule has 2 aromatic heterocycles. The Morgan fingerprint density at radius 3 is 2.60 bits per heavy atom. The maximum atomic E-state index is 5.68. The van der Waals surface area contributed by atoms with Crippen LogP contribution < -0.4 is 10.1 Å². The van der Waals surface area contributed by atoms with Crippen LogP contribution in [-0.2, 0) is 0 Å². The van der Waals surface area contributed by atoms with Gasteiger partial charge in [-0.15, -0.1) is 0 Å². The lowest BCUT2D eigenvalue weighted by atomic mass is 10.2. The van der Waals surface area contributed by atoms with Crippen LogP contribution in [0.4, 0.5) is 11.5 Å². The van der Waals surface area contributed by atoms with Crippen LogP contribution in [0, 0.1) is 0 Å². The first kappa shape index (κ1) is 15.5. The fourth-order valence-electron chi connectivity index (χ4n) is 2.34. The molecule has 0 fully saturated rings. The van der Waals surface area contributed by atoms with Gasteiger partial charge in [0.05, 0.1) is 9.99 Å². The van der Waals surface area contributed by atoms with Crippen LogP contribution >= 0.6 is 15.9 Å². The molecule has 0 saturated carbocycles. The third-order valence-electron chi connectivity index (χ3n) is 3.45. The second kappa shape index (κ2) is 6.82. The van der Waals surface area contributed by atoms with Gasteiger partial charge >= 0.3 is 6.01 Å². The largest absolute Gasteiger partial charge is 0.424 e. The summed E-state index contributed by atoms with van der Waals surface area (Å²) in [6.07, 6.45) is 4.82. The van der Waals surface area contributed by atoms with Crippen molar-refractivity contribution < 1.29 is 4.74 Å². The summed E-state index contributed by atoms with van der Waals surface area (Å²) >= 11 is 3.30. The Bertz CT molecular complexity index is 1020. The van der Waals surface area contributed by atoms with E-state index in [-0.39, 0.29) is 6.01 Å². The highest BCUT2D eigenvalue weighted by atomic mass is 79.9. The van der Waals surface area contributed by atoms with Gasteiger partial charge in [-0.2, -0.15) is 0 Å². The molecule has 7 heteroatoms. The van der Waals surface area contributed by atoms with Crippen molar-refractivity contribution in [3.05, 3.63) is 71.7 Å². The van der Waals surface area contributed by atoms with E-state index in [4.69, 9.17) is 4.74 Å². The fraction of sp³-hybridized carbons (Fsp3) is 0. The number of hydrogen-bond acceptors (Lipinski definition) is 6. The van der Waals surface area contributed by atoms with Crippen molar-refractivity contribution in [2.75, 3.05) is 5.32 Å². The minimum absolute atomic E-state index is 0.285. The quantitative estimate of drug-likeness (QED) is 0.540. The molecule has 4 rings (SSSR count). The lowest BCUT2D eigenvalue weighted by Crippen LogP contribution is -1.96. The zero-order valence-corrected chi connectivity index (χ0v) is 14.5. The number of hydrogen-bond donors (Lipinski definition) is 1. The molecule has 0 spiro atoms. The van der Waals surface area contributed by atoms with Gasteiger partial charge in [0.15, 0.2) is 0 Å². The van der Waals surface area contributed by atoms with E-state index in [1.54, 1.807) is 18.7 Å². The second-order valence-corrected chi connectivity index (χ2v) is 6.09. The Kier molecular flexibility index (Phi) is 4.22. The molecule has 6 nitrogen and oxygen atoms in total. The Morgan fingerprint density at radius 2 is 1.72 bits per heavy atom. The number of para-hydroxylation sites is 1. The second-order valence-electron chi connectivity index (χ2n) is 5.18. The van der Waals surface area contributed by atoms with Gasteiger partial charge in [-0.05, 0) is 40.2 Å². The molecule has 0 aliphatic heterocycles. The van der Waals surface area contributed by atoms with E-state index in [2.05, 4.69) is 41.2 Å². The highest BCUT2D eigenvalue weighted by Crippen LogP contribution is 2.26. The monoisotopic (exact) mass is 393 g/mol. The highest BCUT2D eigenvalue weighted by Gasteiger charge is 2.05. The molecule has 0 amide bonds. The van der Waals surface area contributed by atoms with E-state index in [0.29, 0.717) is 5.75 Å². The Hall–Kier alpha value is -3.06. The lowest BCUT2D eigenvalue weighted by molar-refractivity contribution is 0.441. The summed E-state index contributed by atoms with van der Waals surface area (Å²) in [7, 11) is 0. The molecule has 0 bridgehead atoms. The minimum Gasteiger partial charge on any atom is -0.424 e. The summed E-state index contributed by atoms with van der Waals surface area (Å²) in [6.45, 7) is 0. The number of rotatable bonds is 4. The predicted molar refractivity (Wildman–Crippen MR) is 99.1 cm³/mol. The van der Waals surface area contributed by atoms with Gasteiger partial charge in [0.2, 0.25) is 0 Å². The standard InChI is InChI=1S/C18H12BrN5O/c19-12-9-20-18(21-10-12)25-14-5-3-4-13(8-14)24-17-15-6-1-2-7-16(15)22-11-23-17/h1-11H,(H,22,23,24). The van der Waals surface area contributed by atoms with E-state index in [1.165, 1.54) is 0 Å². The lowest BCUT2D eigenvalue weighted by Gasteiger charge is -2.10. The van der Waals surface area contributed by atoms with Crippen molar-refractivity contribution in [1.82, 2.24) is 19.9 Å². The average Bonchev–Trinajstić information content (AvgIpc) is 2.64. The van der Waals surface area contributed by atoms with Crippen LogP contribution in [0.5, 0.6) is 11.8 Å². The molecule has 25 heavy (non-hydrogen) atoms. The topological polar surface area (TPSA) is 72.8 Å². The Balaban J connectivity index is 1.60. The summed E-state index contributed by atoms with van der Waals surface area (Å²) in [4.78, 5) is 16.8. The zero-order chi connectivity index (χ0) is 17.1. The van der Waals surface area contributed by atoms with Crippen molar-refractivity contribution in [2.24, 2.45) is 0 Å². The Labute approximate surface area is 152 Å². The SMILES string of the molecule is Brc1cnc(Oc2cccc(Nc3ncnc4ccccc34)c2)nc1. The first-order valence-corrected chi connectivity index (χ1v) is 8.29. The molecule has 2 aromatic carbocycles. The maximum Gasteiger partial charge on any atom is 0.321 e. The van der Waals surface area contributed by atoms with E-state index in [1.807, 2.05) is 48.5 Å². The molecule has 0 unspecified atom stereocenters. The first-order chi connectivity index (χ1) is 12.3. The first-order valence-electron chi connectivity index (χ1n) is 7.50. The number of nitrogens with zero attached hydrogens (tertiary/aromatic N) is 4. The van der Waals surface area contributed by atoms with Crippen molar-refractivity contribution in [3.8, 4) is 11.8 Å². The summed E-state index contributed by atoms with van der Waals surface area (Å²) in [5.74, 6) is 1.37. The number of benzene rings is 2. The molecule has 0 atom stereocenters. The summed E-state index contributed by atoms with van der Waals surface area (Å²) in [5, 5.41) is 4.25. The molecule has 4 aromatic rings. The molecule has 1 N–H and O–H groups in total. The zero-order valence-electron chi connectivity index (χ0n) is 12.9. The normalized spacial score (nSPS) is 10.6. The average molecular weight is 394 g/mol. The molecular formula is C18H12BrN5O. The predicted octanol–water partition coefficient (Wildman–Crippen LogP) is 4.72. The third-order valence-corrected chi connectivity index (χ3v) is 3.85. The van der Waals surface area contributed by atoms with E-state index < -0.39 is 0 Å². The number of anilines is 2. The summed E-state index contributed by atoms with van der Waals surface area (Å²) in [6, 6.07) is 15.7. The van der Waals surface area contributed by atoms with Gasteiger partial charge in [0.25, 0.3) is 0 Å². The van der Waals surface area contributed by atoms with Crippen molar-refractivity contribution in [1.29, 1.82) is 0 Å². The molecule has 122 valence electrons. The van der Waals surface area contributed by atoms with Crippen molar-refractivity contribution >= 4 is 38.3 Å². The van der Waals surface area contributed by atoms with E-state index in [9.17, 15) is 0 Å². The van der Waals surface area contributed by atoms with E-state index >= 15 is 0 Å². The van der Waals surface area contributed by atoms with Gasteiger partial charge in [-0.1, -0.05) is 18.2 Å². The molecule has 0 aliphatic carbocycles. The van der Waals surface area contributed by atoms with Crippen LogP contribution in [0.2, 0.25) is 0 Å². The smallest absolute Gasteiger partial charge is 0.321 e. The summed E-state index contributed by atoms with van der Waals surface area (Å²) < 4.78 is 6.48. The molecule has 0 radical (unpaired) electrons. The van der Waals surface area contributed by atoms with E-state index in [0.717, 1.165) is 26.9 Å². The number of aromatic nitrogens is 4. The fourth-order valence-corrected chi connectivity index (χ4v) is 2.54. The number of nitrogens with one attached hydrogen (secondary N) is 1. The van der Waals surface area contributed by atoms with Crippen molar-refractivity contribution in [2.45, 2.75) is 0 Å². The van der Waals surface area contributed by atoms with Crippen LogP contribution in [-0.4, -0.2) is 19.9 Å². The van der Waals surface area contributed by atoms with Crippen LogP contribution in [0.3, 0.4) is 0 Å². The minimum atomic E-state index is 0.285. The molecular weight excluding hydrogens is 382 g/mol. The number of halogens is 1. The maximum absolute atomic E-state index is 5.68. The Morgan fingerprint density at radius 1 is 0.880 bits per heavy atom. The molecule has 0 aliphatic rings. The van der Waals surface area contributed by atoms with Crippen LogP contribution in [0.15, 0.2) is 71.7 Å². The highest BCUT2D eigenvalue weighted by molar-refractivity contribution is 9.10. The van der Waals surface area contributed by atoms with Crippen molar-refractivity contribution in [3.63, 3.8) is 0 Å². The van der Waals surface area contributed by atoms with Gasteiger partial charge in [0.1, 0.15) is 17.9 Å². The molecule has 2 heterocycles. The number of fused-ring (bicyclic) bond motifs is 1. The van der Waals surface area contributed by atoms with Crippen LogP contribution in [0.1, 0.15) is 0 Å². The molecule has 0 saturated heterocycles. The van der Waals surface area contributed by atoms with Gasteiger partial charge in [0, 0.05) is 29.5 Å². The third kappa shape index (κ3) is 3.56. The summed E-state index contributed by atoms with van der Waals surface area (Å²) in [5.41, 5.74) is 1.73. The van der Waals surface area contributed by atoms with Crippen LogP contribution in [0.25, 0.3) is 10.9 Å². The number of ether oxygens (including phenoxy) is 1. The van der Waals surface area contributed by atoms with Gasteiger partial charge in [-0.25, -0.2) is 19.9 Å². The van der Waals surface area contributed by atoms with Gasteiger partial charge in [-0.3, -0.25) is 0 Å². The van der Waals surface area contributed by atoms with Gasteiger partial charge < -0.3 is 10.1 Å².